The van der Waals surface area contributed by atoms with Crippen molar-refractivity contribution in [2.24, 2.45) is 0 Å². The summed E-state index contributed by atoms with van der Waals surface area (Å²) in [5.41, 5.74) is 4.10. The number of aromatic nitrogens is 2. The van der Waals surface area contributed by atoms with Crippen LogP contribution in [0.15, 0.2) is 10.7 Å². The number of nitrogen functional groups attached to an aromatic ring is 1. The van der Waals surface area contributed by atoms with Gasteiger partial charge < -0.3 is 5.73 Å². The van der Waals surface area contributed by atoms with Crippen molar-refractivity contribution in [2.45, 2.75) is 0 Å². The summed E-state index contributed by atoms with van der Waals surface area (Å²) in [5, 5.41) is 12.1. The van der Waals surface area contributed by atoms with E-state index >= 15 is 0 Å². The van der Waals surface area contributed by atoms with Crippen molar-refractivity contribution in [2.75, 3.05) is 5.73 Å². The van der Waals surface area contributed by atoms with E-state index in [1.807, 2.05) is 0 Å². The highest BCUT2D eigenvalue weighted by Gasteiger charge is 2.27. The van der Waals surface area contributed by atoms with Gasteiger partial charge in [0.1, 0.15) is 23.1 Å². The second-order valence-electron chi connectivity index (χ2n) is 3.39. The van der Waals surface area contributed by atoms with Gasteiger partial charge in [-0.05, 0) is 15.9 Å². The van der Waals surface area contributed by atoms with E-state index in [9.17, 15) is 17.6 Å². The second kappa shape index (κ2) is 4.55. The zero-order chi connectivity index (χ0) is 14.3. The summed E-state index contributed by atoms with van der Waals surface area (Å²) in [5.74, 6) is -7.03. The van der Waals surface area contributed by atoms with Gasteiger partial charge in [-0.3, -0.25) is 0 Å². The Labute approximate surface area is 112 Å². The van der Waals surface area contributed by atoms with Gasteiger partial charge in [0.05, 0.1) is 10.7 Å². The number of hydrogen-bond donors (Lipinski definition) is 1. The van der Waals surface area contributed by atoms with Crippen molar-refractivity contribution in [1.82, 2.24) is 9.78 Å². The number of nitriles is 1. The van der Waals surface area contributed by atoms with Crippen LogP contribution >= 0.6 is 15.9 Å². The first kappa shape index (κ1) is 13.4. The summed E-state index contributed by atoms with van der Waals surface area (Å²) in [4.78, 5) is 0. The molecule has 0 radical (unpaired) electrons. The molecule has 2 aromatic rings. The van der Waals surface area contributed by atoms with Crippen LogP contribution in [0.3, 0.4) is 0 Å². The van der Waals surface area contributed by atoms with Crippen LogP contribution in [0, 0.1) is 34.6 Å². The third kappa shape index (κ3) is 1.84. The van der Waals surface area contributed by atoms with Gasteiger partial charge in [-0.1, -0.05) is 0 Å². The summed E-state index contributed by atoms with van der Waals surface area (Å²) >= 11 is 2.38. The summed E-state index contributed by atoms with van der Waals surface area (Å²) in [6.07, 6.45) is 0.923. The lowest BCUT2D eigenvalue weighted by Crippen LogP contribution is -2.11. The van der Waals surface area contributed by atoms with Gasteiger partial charge in [-0.25, -0.2) is 22.2 Å². The molecule has 0 aliphatic rings. The van der Waals surface area contributed by atoms with Gasteiger partial charge in [0, 0.05) is 0 Å². The maximum Gasteiger partial charge on any atom is 0.188 e. The first-order chi connectivity index (χ1) is 8.90. The van der Waals surface area contributed by atoms with E-state index in [1.165, 1.54) is 0 Å². The predicted octanol–water partition coefficient (Wildman–Crippen LogP) is 2.65. The van der Waals surface area contributed by atoms with Crippen molar-refractivity contribution in [3.63, 3.8) is 0 Å². The lowest BCUT2D eigenvalue weighted by Gasteiger charge is -2.10. The highest BCUT2D eigenvalue weighted by atomic mass is 79.9. The molecule has 0 amide bonds. The second-order valence-corrected chi connectivity index (χ2v) is 4.18. The Morgan fingerprint density at radius 2 is 1.68 bits per heavy atom. The third-order valence-corrected chi connectivity index (χ3v) is 3.02. The van der Waals surface area contributed by atoms with Gasteiger partial charge in [0.15, 0.2) is 23.3 Å². The quantitative estimate of drug-likeness (QED) is 0.495. The molecule has 0 bridgehead atoms. The van der Waals surface area contributed by atoms with Gasteiger partial charge in [-0.2, -0.15) is 10.4 Å². The smallest absolute Gasteiger partial charge is 0.188 e. The highest BCUT2D eigenvalue weighted by molar-refractivity contribution is 9.10. The average molecular weight is 335 g/mol. The Morgan fingerprint density at radius 1 is 1.16 bits per heavy atom. The monoisotopic (exact) mass is 334 g/mol. The molecule has 0 saturated carbocycles. The fourth-order valence-electron chi connectivity index (χ4n) is 1.40. The lowest BCUT2D eigenvalue weighted by atomic mass is 10.2. The molecule has 1 aromatic heterocycles. The number of nitrogens with zero attached hydrogens (tertiary/aromatic N) is 3. The predicted molar refractivity (Wildman–Crippen MR) is 60.2 cm³/mol. The Bertz CT molecular complexity index is 690. The van der Waals surface area contributed by atoms with Crippen molar-refractivity contribution in [3.05, 3.63) is 39.5 Å². The minimum atomic E-state index is -1.68. The molecule has 0 spiro atoms. The van der Waals surface area contributed by atoms with Crippen LogP contribution in [0.4, 0.5) is 23.4 Å². The molecular weight excluding hydrogens is 332 g/mol. The SMILES string of the molecule is N#Cc1cnn(-c2c(F)c(F)c(Br)c(F)c2F)c1N. The van der Waals surface area contributed by atoms with Crippen molar-refractivity contribution < 1.29 is 17.6 Å². The zero-order valence-corrected chi connectivity index (χ0v) is 10.5. The average Bonchev–Trinajstić information content (AvgIpc) is 2.76. The van der Waals surface area contributed by atoms with Crippen LogP contribution in [0.2, 0.25) is 0 Å². The standard InChI is InChI=1S/C10H3BrF4N4/c11-4-5(12)7(14)9(8(15)6(4)13)19-10(17)3(1-16)2-18-19/h2H,17H2. The van der Waals surface area contributed by atoms with Gasteiger partial charge >= 0.3 is 0 Å². The minimum absolute atomic E-state index is 0.178. The molecule has 0 unspecified atom stereocenters. The van der Waals surface area contributed by atoms with E-state index in [2.05, 4.69) is 21.0 Å². The molecule has 0 atom stereocenters. The Kier molecular flexibility index (Phi) is 3.20. The molecule has 98 valence electrons. The number of halogens is 5. The van der Waals surface area contributed by atoms with E-state index in [0.717, 1.165) is 6.20 Å². The van der Waals surface area contributed by atoms with E-state index in [4.69, 9.17) is 11.0 Å². The summed E-state index contributed by atoms with van der Waals surface area (Å²) in [6, 6.07) is 1.61. The van der Waals surface area contributed by atoms with Crippen LogP contribution < -0.4 is 5.73 Å². The number of anilines is 1. The third-order valence-electron chi connectivity index (χ3n) is 2.33. The molecule has 1 heterocycles. The number of nitrogens with two attached hydrogens (primary N) is 1. The minimum Gasteiger partial charge on any atom is -0.382 e. The van der Waals surface area contributed by atoms with E-state index in [0.29, 0.717) is 4.68 Å². The summed E-state index contributed by atoms with van der Waals surface area (Å²) in [6.45, 7) is 0. The molecule has 1 aromatic carbocycles. The zero-order valence-electron chi connectivity index (χ0n) is 8.89. The lowest BCUT2D eigenvalue weighted by molar-refractivity contribution is 0.438. The molecular formula is C10H3BrF4N4. The van der Waals surface area contributed by atoms with Crippen LogP contribution in [0.25, 0.3) is 5.69 Å². The van der Waals surface area contributed by atoms with Crippen LogP contribution in [-0.2, 0) is 0 Å². The molecule has 19 heavy (non-hydrogen) atoms. The van der Waals surface area contributed by atoms with E-state index < -0.39 is 39.2 Å². The van der Waals surface area contributed by atoms with Gasteiger partial charge in [-0.15, -0.1) is 0 Å². The first-order valence-corrected chi connectivity index (χ1v) is 5.44. The molecule has 0 aliphatic heterocycles. The number of rotatable bonds is 1. The molecule has 9 heteroatoms. The van der Waals surface area contributed by atoms with Gasteiger partial charge in [0.25, 0.3) is 0 Å². The maximum atomic E-state index is 13.7. The fraction of sp³-hybridized carbons (Fsp3) is 0. The van der Waals surface area contributed by atoms with Gasteiger partial charge in [0.2, 0.25) is 0 Å². The highest BCUT2D eigenvalue weighted by Crippen LogP contribution is 2.31. The molecule has 4 nitrogen and oxygen atoms in total. The number of benzene rings is 1. The topological polar surface area (TPSA) is 67.6 Å². The van der Waals surface area contributed by atoms with E-state index in [1.54, 1.807) is 6.07 Å². The molecule has 0 fully saturated rings. The molecule has 2 rings (SSSR count). The van der Waals surface area contributed by atoms with Crippen molar-refractivity contribution in [1.29, 1.82) is 5.26 Å². The maximum absolute atomic E-state index is 13.7. The largest absolute Gasteiger partial charge is 0.382 e. The Balaban J connectivity index is 2.84. The van der Waals surface area contributed by atoms with Crippen LogP contribution in [0.5, 0.6) is 0 Å². The van der Waals surface area contributed by atoms with Crippen LogP contribution in [-0.4, -0.2) is 9.78 Å². The summed E-state index contributed by atoms with van der Waals surface area (Å²) in [7, 11) is 0. The molecule has 2 N–H and O–H groups in total. The summed E-state index contributed by atoms with van der Waals surface area (Å²) < 4.78 is 53.5. The normalized spacial score (nSPS) is 10.5. The first-order valence-electron chi connectivity index (χ1n) is 4.65. The van der Waals surface area contributed by atoms with Crippen molar-refractivity contribution >= 4 is 21.7 Å². The molecule has 0 aliphatic carbocycles. The number of hydrogen-bond acceptors (Lipinski definition) is 3. The fourth-order valence-corrected chi connectivity index (χ4v) is 1.75. The van der Waals surface area contributed by atoms with Crippen molar-refractivity contribution in [3.8, 4) is 11.8 Å². The molecule has 0 saturated heterocycles. The Morgan fingerprint density at radius 3 is 2.11 bits per heavy atom. The van der Waals surface area contributed by atoms with E-state index in [-0.39, 0.29) is 5.56 Å². The Hall–Kier alpha value is -2.08. The van der Waals surface area contributed by atoms with Crippen LogP contribution in [0.1, 0.15) is 5.56 Å².